The molecule has 2 heterocycles. The second-order valence-electron chi connectivity index (χ2n) is 7.21. The fourth-order valence-electron chi connectivity index (χ4n) is 3.63. The zero-order valence-corrected chi connectivity index (χ0v) is 17.1. The summed E-state index contributed by atoms with van der Waals surface area (Å²) in [5.74, 6) is 1.83. The molecule has 0 N–H and O–H groups in total. The van der Waals surface area contributed by atoms with Crippen molar-refractivity contribution in [1.29, 1.82) is 5.26 Å². The first-order chi connectivity index (χ1) is 13.7. The summed E-state index contributed by atoms with van der Waals surface area (Å²) in [5, 5.41) is 13.2. The van der Waals surface area contributed by atoms with Crippen molar-refractivity contribution in [3.05, 3.63) is 81.4 Å². The largest absolute Gasteiger partial charge is 0.339 e. The van der Waals surface area contributed by atoms with E-state index < -0.39 is 0 Å². The van der Waals surface area contributed by atoms with Crippen LogP contribution in [0.15, 0.2) is 57.5 Å². The van der Waals surface area contributed by atoms with Crippen LogP contribution in [0.25, 0.3) is 0 Å². The second kappa shape index (κ2) is 8.68. The summed E-state index contributed by atoms with van der Waals surface area (Å²) >= 11 is 3.45. The van der Waals surface area contributed by atoms with Gasteiger partial charge in [-0.1, -0.05) is 45.4 Å². The average molecular weight is 437 g/mol. The first-order valence-corrected chi connectivity index (χ1v) is 10.3. The molecule has 0 aliphatic carbocycles. The number of rotatable bonds is 5. The standard InChI is InChI=1S/C22H21BrN4O/c23-20-6-4-16(5-7-20)13-21-25-22(28-26-21)19-8-10-27(11-9-19)15-18-3-1-2-17(12-18)14-24/h1-7,12,19H,8-11,13,15H2. The maximum Gasteiger partial charge on any atom is 0.229 e. The zero-order chi connectivity index (χ0) is 19.3. The van der Waals surface area contributed by atoms with E-state index >= 15 is 0 Å². The highest BCUT2D eigenvalue weighted by Gasteiger charge is 2.25. The Bertz CT molecular complexity index is 969. The quantitative estimate of drug-likeness (QED) is 0.580. The lowest BCUT2D eigenvalue weighted by Gasteiger charge is -2.30. The van der Waals surface area contributed by atoms with Crippen molar-refractivity contribution in [2.45, 2.75) is 31.7 Å². The van der Waals surface area contributed by atoms with Crippen LogP contribution in [-0.4, -0.2) is 28.1 Å². The number of benzene rings is 2. The van der Waals surface area contributed by atoms with E-state index in [9.17, 15) is 0 Å². The van der Waals surface area contributed by atoms with E-state index in [0.717, 1.165) is 54.2 Å². The molecule has 5 nitrogen and oxygen atoms in total. The van der Waals surface area contributed by atoms with Gasteiger partial charge in [0.25, 0.3) is 0 Å². The van der Waals surface area contributed by atoms with Gasteiger partial charge >= 0.3 is 0 Å². The summed E-state index contributed by atoms with van der Waals surface area (Å²) < 4.78 is 6.62. The Morgan fingerprint density at radius 3 is 2.64 bits per heavy atom. The van der Waals surface area contributed by atoms with Gasteiger partial charge in [-0.25, -0.2) is 0 Å². The zero-order valence-electron chi connectivity index (χ0n) is 15.5. The van der Waals surface area contributed by atoms with Gasteiger partial charge in [0.1, 0.15) is 0 Å². The van der Waals surface area contributed by atoms with Gasteiger partial charge in [-0.15, -0.1) is 0 Å². The normalized spacial score (nSPS) is 15.4. The van der Waals surface area contributed by atoms with E-state index in [-0.39, 0.29) is 0 Å². The fraction of sp³-hybridized carbons (Fsp3) is 0.318. The minimum absolute atomic E-state index is 0.327. The Balaban J connectivity index is 1.32. The van der Waals surface area contributed by atoms with Crippen LogP contribution in [0.1, 0.15) is 47.2 Å². The van der Waals surface area contributed by atoms with Crippen LogP contribution < -0.4 is 0 Å². The van der Waals surface area contributed by atoms with E-state index in [1.165, 1.54) is 11.1 Å². The third-order valence-electron chi connectivity index (χ3n) is 5.16. The number of halogens is 1. The van der Waals surface area contributed by atoms with Crippen LogP contribution in [-0.2, 0) is 13.0 Å². The third-order valence-corrected chi connectivity index (χ3v) is 5.69. The van der Waals surface area contributed by atoms with Gasteiger partial charge in [0.2, 0.25) is 5.89 Å². The summed E-state index contributed by atoms with van der Waals surface area (Å²) in [7, 11) is 0. The van der Waals surface area contributed by atoms with Crippen LogP contribution in [0.2, 0.25) is 0 Å². The van der Waals surface area contributed by atoms with Crippen molar-refractivity contribution in [2.75, 3.05) is 13.1 Å². The van der Waals surface area contributed by atoms with Gasteiger partial charge in [0.05, 0.1) is 11.6 Å². The molecule has 0 radical (unpaired) electrons. The van der Waals surface area contributed by atoms with E-state index in [1.807, 2.05) is 30.3 Å². The molecule has 142 valence electrons. The van der Waals surface area contributed by atoms with Crippen molar-refractivity contribution in [3.8, 4) is 6.07 Å². The molecule has 0 saturated carbocycles. The highest BCUT2D eigenvalue weighted by molar-refractivity contribution is 9.10. The maximum atomic E-state index is 9.05. The number of piperidine rings is 1. The van der Waals surface area contributed by atoms with E-state index in [0.29, 0.717) is 12.3 Å². The number of aromatic nitrogens is 2. The molecule has 2 aromatic carbocycles. The van der Waals surface area contributed by atoms with Crippen molar-refractivity contribution < 1.29 is 4.52 Å². The van der Waals surface area contributed by atoms with E-state index in [4.69, 9.17) is 9.78 Å². The lowest BCUT2D eigenvalue weighted by atomic mass is 9.96. The lowest BCUT2D eigenvalue weighted by Crippen LogP contribution is -2.32. The fourth-order valence-corrected chi connectivity index (χ4v) is 3.89. The van der Waals surface area contributed by atoms with Crippen molar-refractivity contribution >= 4 is 15.9 Å². The first-order valence-electron chi connectivity index (χ1n) is 9.48. The number of hydrogen-bond donors (Lipinski definition) is 0. The lowest BCUT2D eigenvalue weighted by molar-refractivity contribution is 0.187. The molecule has 0 spiro atoms. The molecule has 0 atom stereocenters. The smallest absolute Gasteiger partial charge is 0.229 e. The molecule has 4 rings (SSSR count). The van der Waals surface area contributed by atoms with Crippen molar-refractivity contribution in [1.82, 2.24) is 15.0 Å². The highest BCUT2D eigenvalue weighted by atomic mass is 79.9. The molecular weight excluding hydrogens is 416 g/mol. The van der Waals surface area contributed by atoms with Crippen molar-refractivity contribution in [2.24, 2.45) is 0 Å². The van der Waals surface area contributed by atoms with Crippen molar-refractivity contribution in [3.63, 3.8) is 0 Å². The van der Waals surface area contributed by atoms with Crippen LogP contribution >= 0.6 is 15.9 Å². The molecule has 3 aromatic rings. The molecule has 0 amide bonds. The van der Waals surface area contributed by atoms with Gasteiger partial charge in [-0.2, -0.15) is 10.2 Å². The predicted octanol–water partition coefficient (Wildman–Crippen LogP) is 4.67. The molecule has 1 saturated heterocycles. The highest BCUT2D eigenvalue weighted by Crippen LogP contribution is 2.28. The summed E-state index contributed by atoms with van der Waals surface area (Å²) in [6.07, 6.45) is 2.71. The van der Waals surface area contributed by atoms with Gasteiger partial charge in [-0.05, 0) is 61.3 Å². The molecule has 0 unspecified atom stereocenters. The molecular formula is C22H21BrN4O. The Kier molecular flexibility index (Phi) is 5.84. The molecule has 1 aliphatic rings. The Hall–Kier alpha value is -2.49. The van der Waals surface area contributed by atoms with Gasteiger partial charge in [-0.3, -0.25) is 4.90 Å². The molecule has 6 heteroatoms. The minimum atomic E-state index is 0.327. The summed E-state index contributed by atoms with van der Waals surface area (Å²) in [6.45, 7) is 2.86. The van der Waals surface area contributed by atoms with Crippen LogP contribution in [0.3, 0.4) is 0 Å². The number of nitrogens with zero attached hydrogens (tertiary/aromatic N) is 4. The second-order valence-corrected chi connectivity index (χ2v) is 8.13. The molecule has 1 fully saturated rings. The molecule has 0 bridgehead atoms. The summed E-state index contributed by atoms with van der Waals surface area (Å²) in [6, 6.07) is 18.2. The predicted molar refractivity (Wildman–Crippen MR) is 110 cm³/mol. The number of likely N-dealkylation sites (tertiary alicyclic amines) is 1. The van der Waals surface area contributed by atoms with Crippen LogP contribution in [0.4, 0.5) is 0 Å². The summed E-state index contributed by atoms with van der Waals surface area (Å²) in [5.41, 5.74) is 3.08. The maximum absolute atomic E-state index is 9.05. The summed E-state index contributed by atoms with van der Waals surface area (Å²) in [4.78, 5) is 7.06. The Morgan fingerprint density at radius 1 is 1.11 bits per heavy atom. The third kappa shape index (κ3) is 4.67. The van der Waals surface area contributed by atoms with Crippen LogP contribution in [0, 0.1) is 11.3 Å². The topological polar surface area (TPSA) is 66.0 Å². The number of nitriles is 1. The van der Waals surface area contributed by atoms with E-state index in [1.54, 1.807) is 0 Å². The monoisotopic (exact) mass is 436 g/mol. The van der Waals surface area contributed by atoms with Gasteiger partial charge < -0.3 is 4.52 Å². The number of hydrogen-bond acceptors (Lipinski definition) is 5. The van der Waals surface area contributed by atoms with E-state index in [2.05, 4.69) is 55.2 Å². The average Bonchev–Trinajstić information content (AvgIpc) is 3.19. The van der Waals surface area contributed by atoms with Gasteiger partial charge in [0, 0.05) is 23.4 Å². The van der Waals surface area contributed by atoms with Crippen LogP contribution in [0.5, 0.6) is 0 Å². The Labute approximate surface area is 173 Å². The molecule has 28 heavy (non-hydrogen) atoms. The Morgan fingerprint density at radius 2 is 1.89 bits per heavy atom. The first kappa shape index (κ1) is 18.9. The van der Waals surface area contributed by atoms with Gasteiger partial charge in [0.15, 0.2) is 5.82 Å². The SMILES string of the molecule is N#Cc1cccc(CN2CCC(c3nc(Cc4ccc(Br)cc4)no3)CC2)c1. The molecule has 1 aliphatic heterocycles. The minimum Gasteiger partial charge on any atom is -0.339 e. The molecule has 1 aromatic heterocycles.